The van der Waals surface area contributed by atoms with Gasteiger partial charge in [0.25, 0.3) is 5.91 Å². The largest absolute Gasteiger partial charge is 0.496 e. The predicted octanol–water partition coefficient (Wildman–Crippen LogP) is 3.47. The lowest BCUT2D eigenvalue weighted by molar-refractivity contribution is -0.123. The van der Waals surface area contributed by atoms with Gasteiger partial charge in [0.1, 0.15) is 11.3 Å². The minimum atomic E-state index is -0.793. The van der Waals surface area contributed by atoms with Crippen LogP contribution in [-0.4, -0.2) is 31.6 Å². The van der Waals surface area contributed by atoms with Crippen molar-refractivity contribution in [2.24, 2.45) is 0 Å². The van der Waals surface area contributed by atoms with Gasteiger partial charge in [-0.1, -0.05) is 17.7 Å². The molecule has 7 nitrogen and oxygen atoms in total. The molecule has 0 heterocycles. The molecule has 0 saturated carbocycles. The molecule has 2 aromatic carbocycles. The molecule has 0 saturated heterocycles. The van der Waals surface area contributed by atoms with Crippen LogP contribution < -0.4 is 15.4 Å². The van der Waals surface area contributed by atoms with E-state index in [0.717, 1.165) is 11.1 Å². The Kier molecular flexibility index (Phi) is 6.79. The highest BCUT2D eigenvalue weighted by Crippen LogP contribution is 2.23. The average molecular weight is 391 g/mol. The highest BCUT2D eigenvalue weighted by molar-refractivity contribution is 6.31. The molecule has 0 aliphatic rings. The summed E-state index contributed by atoms with van der Waals surface area (Å²) in [7, 11) is 1.39. The normalized spacial score (nSPS) is 10.1. The van der Waals surface area contributed by atoms with Crippen molar-refractivity contribution in [1.82, 2.24) is 5.32 Å². The monoisotopic (exact) mass is 390 g/mol. The average Bonchev–Trinajstić information content (AvgIpc) is 2.62. The van der Waals surface area contributed by atoms with Crippen molar-refractivity contribution in [2.75, 3.05) is 19.0 Å². The maximum absolute atomic E-state index is 12.1. The van der Waals surface area contributed by atoms with Crippen molar-refractivity contribution < 1.29 is 23.9 Å². The second-order valence-corrected chi connectivity index (χ2v) is 6.16. The van der Waals surface area contributed by atoms with E-state index in [2.05, 4.69) is 10.6 Å². The molecule has 142 valence electrons. The zero-order valence-corrected chi connectivity index (χ0v) is 15.8. The molecule has 0 bridgehead atoms. The SMILES string of the molecule is COc1ccc(Cl)cc1C(=O)OCC(=O)NC(=O)Nc1ccc(C)c(C)c1. The fourth-order valence-corrected chi connectivity index (χ4v) is 2.36. The van der Waals surface area contributed by atoms with E-state index in [1.54, 1.807) is 18.2 Å². The summed E-state index contributed by atoms with van der Waals surface area (Å²) >= 11 is 5.85. The molecule has 27 heavy (non-hydrogen) atoms. The third-order valence-electron chi connectivity index (χ3n) is 3.73. The minimum absolute atomic E-state index is 0.0809. The number of esters is 1. The molecule has 0 radical (unpaired) electrons. The van der Waals surface area contributed by atoms with E-state index in [1.165, 1.54) is 19.2 Å². The number of carbonyl (C=O) groups excluding carboxylic acids is 3. The standard InChI is InChI=1S/C19H19ClN2O5/c1-11-4-6-14(8-12(11)2)21-19(25)22-17(23)10-27-18(24)15-9-13(20)5-7-16(15)26-3/h4-9H,10H2,1-3H3,(H2,21,22,23,25). The number of halogens is 1. The Morgan fingerprint density at radius 3 is 2.44 bits per heavy atom. The summed E-state index contributed by atoms with van der Waals surface area (Å²) in [5.74, 6) is -1.30. The van der Waals surface area contributed by atoms with Crippen molar-refractivity contribution >= 4 is 35.2 Å². The smallest absolute Gasteiger partial charge is 0.342 e. The van der Waals surface area contributed by atoms with E-state index >= 15 is 0 Å². The third kappa shape index (κ3) is 5.72. The number of rotatable bonds is 5. The zero-order valence-electron chi connectivity index (χ0n) is 15.1. The highest BCUT2D eigenvalue weighted by Gasteiger charge is 2.17. The molecule has 0 fully saturated rings. The van der Waals surface area contributed by atoms with Gasteiger partial charge in [0.05, 0.1) is 7.11 Å². The lowest BCUT2D eigenvalue weighted by atomic mass is 10.1. The fraction of sp³-hybridized carbons (Fsp3) is 0.211. The Morgan fingerprint density at radius 2 is 1.78 bits per heavy atom. The van der Waals surface area contributed by atoms with E-state index < -0.39 is 24.5 Å². The Labute approximate surface area is 161 Å². The number of aryl methyl sites for hydroxylation is 2. The van der Waals surface area contributed by atoms with Crippen LogP contribution in [0.2, 0.25) is 5.02 Å². The van der Waals surface area contributed by atoms with Crippen molar-refractivity contribution in [3.8, 4) is 5.75 Å². The van der Waals surface area contributed by atoms with Gasteiger partial charge in [0.2, 0.25) is 0 Å². The number of hydrogen-bond acceptors (Lipinski definition) is 5. The summed E-state index contributed by atoms with van der Waals surface area (Å²) in [6, 6.07) is 9.07. The van der Waals surface area contributed by atoms with Gasteiger partial charge in [0, 0.05) is 10.7 Å². The molecule has 8 heteroatoms. The molecular formula is C19H19ClN2O5. The first-order valence-electron chi connectivity index (χ1n) is 7.99. The summed E-state index contributed by atoms with van der Waals surface area (Å²) < 4.78 is 9.96. The maximum Gasteiger partial charge on any atom is 0.342 e. The number of anilines is 1. The Bertz CT molecular complexity index is 882. The Morgan fingerprint density at radius 1 is 1.04 bits per heavy atom. The number of urea groups is 1. The van der Waals surface area contributed by atoms with Gasteiger partial charge in [0.15, 0.2) is 6.61 Å². The number of hydrogen-bond donors (Lipinski definition) is 2. The minimum Gasteiger partial charge on any atom is -0.496 e. The number of carbonyl (C=O) groups is 3. The van der Waals surface area contributed by atoms with E-state index in [-0.39, 0.29) is 11.3 Å². The number of nitrogens with one attached hydrogen (secondary N) is 2. The van der Waals surface area contributed by atoms with Gasteiger partial charge in [-0.2, -0.15) is 0 Å². The topological polar surface area (TPSA) is 93.7 Å². The van der Waals surface area contributed by atoms with Crippen LogP contribution in [0.1, 0.15) is 21.5 Å². The van der Waals surface area contributed by atoms with Crippen molar-refractivity contribution in [1.29, 1.82) is 0 Å². The third-order valence-corrected chi connectivity index (χ3v) is 3.97. The maximum atomic E-state index is 12.1. The lowest BCUT2D eigenvalue weighted by Crippen LogP contribution is -2.37. The van der Waals surface area contributed by atoms with Crippen LogP contribution in [0.15, 0.2) is 36.4 Å². The summed E-state index contributed by atoms with van der Waals surface area (Å²) in [4.78, 5) is 35.8. The first kappa shape index (κ1) is 20.3. The van der Waals surface area contributed by atoms with Crippen molar-refractivity contribution in [2.45, 2.75) is 13.8 Å². The first-order chi connectivity index (χ1) is 12.8. The molecule has 0 unspecified atom stereocenters. The van der Waals surface area contributed by atoms with Crippen LogP contribution in [0.4, 0.5) is 10.5 Å². The quantitative estimate of drug-likeness (QED) is 0.762. The molecule has 0 spiro atoms. The van der Waals surface area contributed by atoms with Gasteiger partial charge >= 0.3 is 12.0 Å². The molecule has 0 aliphatic carbocycles. The molecule has 0 aliphatic heterocycles. The summed E-state index contributed by atoms with van der Waals surface area (Å²) in [6.07, 6.45) is 0. The highest BCUT2D eigenvalue weighted by atomic mass is 35.5. The van der Waals surface area contributed by atoms with Crippen LogP contribution in [0.25, 0.3) is 0 Å². The van der Waals surface area contributed by atoms with Crippen LogP contribution in [-0.2, 0) is 9.53 Å². The second-order valence-electron chi connectivity index (χ2n) is 5.72. The van der Waals surface area contributed by atoms with E-state index in [4.69, 9.17) is 21.1 Å². The van der Waals surface area contributed by atoms with Gasteiger partial charge < -0.3 is 14.8 Å². The van der Waals surface area contributed by atoms with Crippen molar-refractivity contribution in [3.05, 3.63) is 58.1 Å². The van der Waals surface area contributed by atoms with E-state index in [9.17, 15) is 14.4 Å². The van der Waals surface area contributed by atoms with Crippen LogP contribution in [0.5, 0.6) is 5.75 Å². The summed E-state index contributed by atoms with van der Waals surface area (Å²) in [6.45, 7) is 3.23. The predicted molar refractivity (Wildman–Crippen MR) is 101 cm³/mol. The van der Waals surface area contributed by atoms with Gasteiger partial charge in [-0.15, -0.1) is 0 Å². The molecule has 2 aromatic rings. The van der Waals surface area contributed by atoms with Crippen molar-refractivity contribution in [3.63, 3.8) is 0 Å². The van der Waals surface area contributed by atoms with Crippen LogP contribution >= 0.6 is 11.6 Å². The van der Waals surface area contributed by atoms with E-state index in [0.29, 0.717) is 10.7 Å². The molecule has 2 N–H and O–H groups in total. The Hall–Kier alpha value is -3.06. The molecule has 0 aromatic heterocycles. The van der Waals surface area contributed by atoms with Crippen LogP contribution in [0, 0.1) is 13.8 Å². The number of imide groups is 1. The van der Waals surface area contributed by atoms with E-state index in [1.807, 2.05) is 19.9 Å². The lowest BCUT2D eigenvalue weighted by Gasteiger charge is -2.10. The van der Waals surface area contributed by atoms with Gasteiger partial charge in [-0.25, -0.2) is 9.59 Å². The molecule has 0 atom stereocenters. The molecular weight excluding hydrogens is 372 g/mol. The number of methoxy groups -OCH3 is 1. The van der Waals surface area contributed by atoms with Gasteiger partial charge in [-0.3, -0.25) is 10.1 Å². The number of amides is 3. The number of ether oxygens (including phenoxy) is 2. The van der Waals surface area contributed by atoms with Crippen LogP contribution in [0.3, 0.4) is 0 Å². The van der Waals surface area contributed by atoms with Gasteiger partial charge in [-0.05, 0) is 55.3 Å². The molecule has 3 amide bonds. The molecule has 2 rings (SSSR count). The number of benzene rings is 2. The first-order valence-corrected chi connectivity index (χ1v) is 8.36. The Balaban J connectivity index is 1.88. The fourth-order valence-electron chi connectivity index (χ4n) is 2.19. The summed E-state index contributed by atoms with van der Waals surface area (Å²) in [5, 5.41) is 4.94. The second kappa shape index (κ2) is 9.05. The zero-order chi connectivity index (χ0) is 20.0. The summed E-state index contributed by atoms with van der Waals surface area (Å²) in [5.41, 5.74) is 2.71.